The highest BCUT2D eigenvalue weighted by molar-refractivity contribution is 7.19. The number of nitrogens with zero attached hydrogens (tertiary/aromatic N) is 3. The van der Waals surface area contributed by atoms with Gasteiger partial charge in [-0.25, -0.2) is 9.78 Å². The molecule has 142 valence electrons. The Hall–Kier alpha value is -3.26. The van der Waals surface area contributed by atoms with Crippen molar-refractivity contribution in [3.63, 3.8) is 0 Å². The Morgan fingerprint density at radius 1 is 1.07 bits per heavy atom. The Morgan fingerprint density at radius 3 is 2.68 bits per heavy atom. The maximum Gasteiger partial charge on any atom is 0.321 e. The summed E-state index contributed by atoms with van der Waals surface area (Å²) in [5, 5.41) is 6.23. The molecule has 3 amide bonds. The number of aromatic nitrogens is 2. The number of nitrogens with one attached hydrogen (secondary N) is 2. The Labute approximate surface area is 166 Å². The number of amides is 3. The Balaban J connectivity index is 1.30. The molecule has 1 aromatic carbocycles. The van der Waals surface area contributed by atoms with E-state index in [-0.39, 0.29) is 18.0 Å². The molecule has 7 nitrogen and oxygen atoms in total. The average molecular weight is 393 g/mol. The van der Waals surface area contributed by atoms with Gasteiger partial charge in [-0.05, 0) is 24.1 Å². The van der Waals surface area contributed by atoms with Gasteiger partial charge in [0, 0.05) is 31.5 Å². The van der Waals surface area contributed by atoms with E-state index in [0.29, 0.717) is 30.3 Å². The largest absolute Gasteiger partial charge is 0.335 e. The third-order valence-electron chi connectivity index (χ3n) is 4.48. The van der Waals surface area contributed by atoms with Gasteiger partial charge in [-0.3, -0.25) is 15.1 Å². The van der Waals surface area contributed by atoms with Crippen molar-refractivity contribution in [1.82, 2.24) is 20.2 Å². The van der Waals surface area contributed by atoms with Crippen LogP contribution in [0.5, 0.6) is 0 Å². The average Bonchev–Trinajstić information content (AvgIpc) is 3.38. The number of hydrogen-bond donors (Lipinski definition) is 2. The zero-order valence-electron chi connectivity index (χ0n) is 15.0. The van der Waals surface area contributed by atoms with Crippen molar-refractivity contribution in [2.24, 2.45) is 0 Å². The Kier molecular flexibility index (Phi) is 5.29. The molecule has 3 aromatic rings. The van der Waals surface area contributed by atoms with Crippen molar-refractivity contribution in [3.05, 3.63) is 66.6 Å². The van der Waals surface area contributed by atoms with Crippen molar-refractivity contribution in [3.8, 4) is 10.4 Å². The number of hydrogen-bond acceptors (Lipinski definition) is 5. The highest BCUT2D eigenvalue weighted by Crippen LogP contribution is 2.28. The van der Waals surface area contributed by atoms with E-state index < -0.39 is 0 Å². The van der Waals surface area contributed by atoms with Crippen molar-refractivity contribution >= 4 is 28.4 Å². The van der Waals surface area contributed by atoms with Gasteiger partial charge in [-0.1, -0.05) is 47.7 Å². The van der Waals surface area contributed by atoms with Crippen molar-refractivity contribution in [1.29, 1.82) is 0 Å². The van der Waals surface area contributed by atoms with Crippen LogP contribution in [0.15, 0.2) is 60.9 Å². The van der Waals surface area contributed by atoms with Gasteiger partial charge in [0.15, 0.2) is 5.13 Å². The van der Waals surface area contributed by atoms with Crippen LogP contribution in [0.3, 0.4) is 0 Å². The molecule has 1 aliphatic rings. The van der Waals surface area contributed by atoms with E-state index in [9.17, 15) is 9.59 Å². The topological polar surface area (TPSA) is 87.2 Å². The van der Waals surface area contributed by atoms with E-state index >= 15 is 0 Å². The van der Waals surface area contributed by atoms with Crippen LogP contribution in [-0.4, -0.2) is 45.9 Å². The molecule has 1 saturated heterocycles. The summed E-state index contributed by atoms with van der Waals surface area (Å²) < 4.78 is 0. The fourth-order valence-corrected chi connectivity index (χ4v) is 3.92. The van der Waals surface area contributed by atoms with Gasteiger partial charge >= 0.3 is 6.03 Å². The molecular weight excluding hydrogens is 374 g/mol. The zero-order chi connectivity index (χ0) is 19.3. The SMILES string of the molecule is O=C(Nc1ncc(-c2ccccc2)s1)NC1CCN(C(=O)c2ccccn2)C1. The van der Waals surface area contributed by atoms with Gasteiger partial charge in [0.2, 0.25) is 0 Å². The summed E-state index contributed by atoms with van der Waals surface area (Å²) in [6.45, 7) is 1.06. The monoisotopic (exact) mass is 393 g/mol. The first kappa shape index (κ1) is 18.1. The molecule has 1 atom stereocenters. The van der Waals surface area contributed by atoms with Crippen LogP contribution >= 0.6 is 11.3 Å². The second-order valence-electron chi connectivity index (χ2n) is 6.45. The minimum Gasteiger partial charge on any atom is -0.335 e. The summed E-state index contributed by atoms with van der Waals surface area (Å²) in [4.78, 5) is 35.8. The summed E-state index contributed by atoms with van der Waals surface area (Å²) >= 11 is 1.42. The summed E-state index contributed by atoms with van der Waals surface area (Å²) in [6, 6.07) is 14.7. The van der Waals surface area contributed by atoms with E-state index in [2.05, 4.69) is 20.6 Å². The van der Waals surface area contributed by atoms with Crippen LogP contribution in [0.25, 0.3) is 10.4 Å². The second-order valence-corrected chi connectivity index (χ2v) is 7.48. The van der Waals surface area contributed by atoms with Gasteiger partial charge in [-0.15, -0.1) is 0 Å². The summed E-state index contributed by atoms with van der Waals surface area (Å²) in [5.74, 6) is -0.113. The molecular formula is C20H19N5O2S. The zero-order valence-corrected chi connectivity index (χ0v) is 15.9. The van der Waals surface area contributed by atoms with E-state index in [4.69, 9.17) is 0 Å². The predicted molar refractivity (Wildman–Crippen MR) is 108 cm³/mol. The molecule has 2 aromatic heterocycles. The van der Waals surface area contributed by atoms with Crippen LogP contribution < -0.4 is 10.6 Å². The third kappa shape index (κ3) is 4.17. The molecule has 1 unspecified atom stereocenters. The second kappa shape index (κ2) is 8.18. The maximum absolute atomic E-state index is 12.4. The third-order valence-corrected chi connectivity index (χ3v) is 5.44. The number of carbonyl (C=O) groups is 2. The van der Waals surface area contributed by atoms with E-state index in [1.807, 2.05) is 30.3 Å². The molecule has 0 bridgehead atoms. The summed E-state index contributed by atoms with van der Waals surface area (Å²) in [6.07, 6.45) is 4.06. The number of thiazole rings is 1. The quantitative estimate of drug-likeness (QED) is 0.712. The standard InChI is InChI=1S/C20H19N5O2S/c26-18(16-8-4-5-10-21-16)25-11-9-15(13-25)23-19(27)24-20-22-12-17(28-20)14-6-2-1-3-7-14/h1-8,10,12,15H,9,11,13H2,(H2,22,23,24,27). The molecule has 0 saturated carbocycles. The first-order valence-corrected chi connectivity index (χ1v) is 9.80. The molecule has 0 aliphatic carbocycles. The lowest BCUT2D eigenvalue weighted by molar-refractivity contribution is 0.0783. The lowest BCUT2D eigenvalue weighted by Gasteiger charge is -2.16. The number of anilines is 1. The Morgan fingerprint density at radius 2 is 1.89 bits per heavy atom. The molecule has 0 radical (unpaired) electrons. The van der Waals surface area contributed by atoms with Gasteiger partial charge in [0.05, 0.1) is 4.88 Å². The van der Waals surface area contributed by atoms with Gasteiger partial charge in [0.1, 0.15) is 5.69 Å². The number of pyridine rings is 1. The minimum atomic E-state index is -0.314. The number of urea groups is 1. The van der Waals surface area contributed by atoms with Gasteiger partial charge in [-0.2, -0.15) is 0 Å². The molecule has 3 heterocycles. The Bertz CT molecular complexity index is 961. The van der Waals surface area contributed by atoms with Crippen LogP contribution in [0.4, 0.5) is 9.93 Å². The number of carbonyl (C=O) groups excluding carboxylic acids is 2. The molecule has 0 spiro atoms. The van der Waals surface area contributed by atoms with Crippen LogP contribution in [0.1, 0.15) is 16.9 Å². The molecule has 1 aliphatic heterocycles. The minimum absolute atomic E-state index is 0.0961. The van der Waals surface area contributed by atoms with E-state index in [1.54, 1.807) is 35.5 Å². The fourth-order valence-electron chi connectivity index (χ4n) is 3.10. The lowest BCUT2D eigenvalue weighted by Crippen LogP contribution is -2.40. The normalized spacial score (nSPS) is 16.0. The first-order valence-electron chi connectivity index (χ1n) is 8.98. The molecule has 1 fully saturated rings. The molecule has 28 heavy (non-hydrogen) atoms. The summed E-state index contributed by atoms with van der Waals surface area (Å²) in [5.41, 5.74) is 1.48. The number of rotatable bonds is 4. The molecule has 2 N–H and O–H groups in total. The van der Waals surface area contributed by atoms with E-state index in [1.165, 1.54) is 11.3 Å². The van der Waals surface area contributed by atoms with Crippen molar-refractivity contribution < 1.29 is 9.59 Å². The highest BCUT2D eigenvalue weighted by atomic mass is 32.1. The van der Waals surface area contributed by atoms with Crippen LogP contribution in [-0.2, 0) is 0 Å². The maximum atomic E-state index is 12.4. The predicted octanol–water partition coefficient (Wildman–Crippen LogP) is 3.24. The van der Waals surface area contributed by atoms with Crippen LogP contribution in [0, 0.1) is 0 Å². The lowest BCUT2D eigenvalue weighted by atomic mass is 10.2. The van der Waals surface area contributed by atoms with Crippen molar-refractivity contribution in [2.75, 3.05) is 18.4 Å². The first-order chi connectivity index (χ1) is 13.7. The molecule has 4 rings (SSSR count). The molecule has 8 heteroatoms. The van der Waals surface area contributed by atoms with Gasteiger partial charge in [0.25, 0.3) is 5.91 Å². The number of benzene rings is 1. The van der Waals surface area contributed by atoms with E-state index in [0.717, 1.165) is 10.4 Å². The van der Waals surface area contributed by atoms with Gasteiger partial charge < -0.3 is 10.2 Å². The smallest absolute Gasteiger partial charge is 0.321 e. The fraction of sp³-hybridized carbons (Fsp3) is 0.200. The summed E-state index contributed by atoms with van der Waals surface area (Å²) in [7, 11) is 0. The van der Waals surface area contributed by atoms with Crippen LogP contribution in [0.2, 0.25) is 0 Å². The number of likely N-dealkylation sites (tertiary alicyclic amines) is 1. The van der Waals surface area contributed by atoms with Crippen molar-refractivity contribution in [2.45, 2.75) is 12.5 Å². The highest BCUT2D eigenvalue weighted by Gasteiger charge is 2.28.